The van der Waals surface area contributed by atoms with Crippen molar-refractivity contribution in [3.05, 3.63) is 47.5 Å². The van der Waals surface area contributed by atoms with Gasteiger partial charge >= 0.3 is 0 Å². The van der Waals surface area contributed by atoms with Crippen molar-refractivity contribution in [2.24, 2.45) is 0 Å². The van der Waals surface area contributed by atoms with Crippen LogP contribution < -0.4 is 5.32 Å². The zero-order valence-electron chi connectivity index (χ0n) is 25.2. The highest BCUT2D eigenvalue weighted by Gasteiger charge is 2.25. The number of amides is 2. The van der Waals surface area contributed by atoms with E-state index >= 15 is 0 Å². The summed E-state index contributed by atoms with van der Waals surface area (Å²) in [5, 5.41) is 12.9. The first-order valence-electron chi connectivity index (χ1n) is 15.1. The quantitative estimate of drug-likeness (QED) is 0.343. The number of carbonyl (C=O) groups excluding carboxylic acids is 3. The van der Waals surface area contributed by atoms with Gasteiger partial charge in [0.1, 0.15) is 18.3 Å². The summed E-state index contributed by atoms with van der Waals surface area (Å²) in [6.07, 6.45) is 13.4. The highest BCUT2D eigenvalue weighted by Crippen LogP contribution is 2.32. The summed E-state index contributed by atoms with van der Waals surface area (Å²) in [6, 6.07) is 5.42. The molecule has 10 nitrogen and oxygen atoms in total. The van der Waals surface area contributed by atoms with E-state index in [1.165, 1.54) is 24.7 Å². The molecule has 1 aromatic carbocycles. The molecule has 0 bridgehead atoms. The van der Waals surface area contributed by atoms with E-state index < -0.39 is 6.04 Å². The number of nitrogens with one attached hydrogen (secondary N) is 1. The summed E-state index contributed by atoms with van der Waals surface area (Å²) in [6.45, 7) is 5.73. The lowest BCUT2D eigenvalue weighted by molar-refractivity contribution is -0.138. The van der Waals surface area contributed by atoms with E-state index in [0.29, 0.717) is 12.2 Å². The number of fused-ring (bicyclic) bond motifs is 1. The van der Waals surface area contributed by atoms with Gasteiger partial charge in [0.2, 0.25) is 11.8 Å². The maximum absolute atomic E-state index is 13.4. The number of ketones is 1. The summed E-state index contributed by atoms with van der Waals surface area (Å²) in [5.74, 6) is -0.572. The van der Waals surface area contributed by atoms with Crippen molar-refractivity contribution in [2.75, 3.05) is 13.6 Å². The van der Waals surface area contributed by atoms with Crippen LogP contribution in [0.4, 0.5) is 0 Å². The van der Waals surface area contributed by atoms with Crippen LogP contribution in [0, 0.1) is 6.92 Å². The molecule has 0 aliphatic carbocycles. The molecule has 2 amide bonds. The molecule has 1 aliphatic rings. The fraction of sp³-hybridized carbons (Fsp3) is 0.500. The van der Waals surface area contributed by atoms with E-state index in [-0.39, 0.29) is 24.1 Å². The number of hydrogen-bond donors (Lipinski definition) is 1. The molecule has 0 saturated heterocycles. The lowest BCUT2D eigenvalue weighted by Crippen LogP contribution is -2.47. The van der Waals surface area contributed by atoms with Gasteiger partial charge in [-0.1, -0.05) is 38.5 Å². The van der Waals surface area contributed by atoms with Gasteiger partial charge < -0.3 is 10.2 Å². The number of rotatable bonds is 2. The number of benzene rings is 1. The van der Waals surface area contributed by atoms with Gasteiger partial charge in [-0.25, -0.2) is 9.50 Å². The number of nitrogens with zero attached hydrogens (tertiary/aromatic N) is 6. The van der Waals surface area contributed by atoms with E-state index in [0.717, 1.165) is 83.9 Å². The Kier molecular flexibility index (Phi) is 8.99. The average Bonchev–Trinajstić information content (AvgIpc) is 3.53. The van der Waals surface area contributed by atoms with Gasteiger partial charge in [0.05, 0.1) is 11.2 Å². The summed E-state index contributed by atoms with van der Waals surface area (Å²) in [7, 11) is 1.64. The Labute approximate surface area is 246 Å². The lowest BCUT2D eigenvalue weighted by Gasteiger charge is -2.24. The fourth-order valence-electron chi connectivity index (χ4n) is 5.77. The second kappa shape index (κ2) is 12.8. The Morgan fingerprint density at radius 2 is 1.67 bits per heavy atom. The van der Waals surface area contributed by atoms with Gasteiger partial charge in [-0.15, -0.1) is 0 Å². The minimum atomic E-state index is -0.617. The van der Waals surface area contributed by atoms with Crippen molar-refractivity contribution in [3.8, 4) is 11.1 Å². The van der Waals surface area contributed by atoms with E-state index in [1.54, 1.807) is 23.2 Å². The van der Waals surface area contributed by atoms with Crippen LogP contribution in [-0.2, 0) is 22.6 Å². The molecule has 222 valence electrons. The Bertz CT molecular complexity index is 1620. The molecule has 1 atom stereocenters. The summed E-state index contributed by atoms with van der Waals surface area (Å²) < 4.78 is 3.42. The second-order valence-electron chi connectivity index (χ2n) is 11.6. The SMILES string of the molecule is CC(=O)c1nn2c3c(cc(-c4cnc5cc(C)nn5c4)cc13)CCCCCCCCCCNC(=O)[C@H](C)N(C)C(=O)C2. The number of Topliss-reactive ketones (excluding diaryl/α,β-unsaturated/α-hetero) is 1. The van der Waals surface area contributed by atoms with E-state index in [9.17, 15) is 14.4 Å². The summed E-state index contributed by atoms with van der Waals surface area (Å²) >= 11 is 0. The van der Waals surface area contributed by atoms with Crippen LogP contribution in [0.2, 0.25) is 0 Å². The number of carbonyl (C=O) groups is 3. The first kappa shape index (κ1) is 29.4. The molecular weight excluding hydrogens is 530 g/mol. The molecule has 5 rings (SSSR count). The molecule has 0 fully saturated rings. The number of likely N-dealkylation sites (N-methyl/N-ethyl adjacent to an activating group) is 1. The molecule has 42 heavy (non-hydrogen) atoms. The predicted octanol–water partition coefficient (Wildman–Crippen LogP) is 4.90. The van der Waals surface area contributed by atoms with Crippen LogP contribution in [0.5, 0.6) is 0 Å². The minimum Gasteiger partial charge on any atom is -0.354 e. The predicted molar refractivity (Wildman–Crippen MR) is 162 cm³/mol. The maximum atomic E-state index is 13.4. The molecule has 10 heteroatoms. The highest BCUT2D eigenvalue weighted by atomic mass is 16.2. The van der Waals surface area contributed by atoms with Crippen molar-refractivity contribution in [1.29, 1.82) is 0 Å². The number of hydrogen-bond acceptors (Lipinski definition) is 6. The third-order valence-electron chi connectivity index (χ3n) is 8.34. The standard InChI is InChI=1S/C32H41N7O3/c1-21-15-28-34-18-26(19-38(28)35-21)25-16-24-13-11-9-7-5-6-8-10-12-14-33-32(42)22(2)37(4)29(41)20-39-31(24)27(17-25)30(36-39)23(3)40/h15-19,22H,5-14,20H2,1-4H3,(H,33,42)/t22-/m0/s1. The molecule has 4 heterocycles. The van der Waals surface area contributed by atoms with Crippen LogP contribution in [0.25, 0.3) is 27.7 Å². The minimum absolute atomic E-state index is 0.0652. The Hall–Kier alpha value is -4.08. The van der Waals surface area contributed by atoms with E-state index in [2.05, 4.69) is 26.6 Å². The molecular formula is C32H41N7O3. The molecule has 0 unspecified atom stereocenters. The van der Waals surface area contributed by atoms with Gasteiger partial charge in [0.25, 0.3) is 0 Å². The first-order chi connectivity index (χ1) is 20.2. The summed E-state index contributed by atoms with van der Waals surface area (Å²) in [4.78, 5) is 45.1. The summed E-state index contributed by atoms with van der Waals surface area (Å²) in [5.41, 5.74) is 5.64. The lowest BCUT2D eigenvalue weighted by atomic mass is 9.96. The molecule has 0 spiro atoms. The van der Waals surface area contributed by atoms with Crippen molar-refractivity contribution in [1.82, 2.24) is 34.6 Å². The van der Waals surface area contributed by atoms with E-state index in [4.69, 9.17) is 0 Å². The number of aromatic nitrogens is 5. The average molecular weight is 572 g/mol. The fourth-order valence-corrected chi connectivity index (χ4v) is 5.77. The first-order valence-corrected chi connectivity index (χ1v) is 15.1. The normalized spacial score (nSPS) is 18.5. The Balaban J connectivity index is 1.57. The second-order valence-corrected chi connectivity index (χ2v) is 11.6. The van der Waals surface area contributed by atoms with Crippen LogP contribution in [-0.4, -0.2) is 66.5 Å². The Morgan fingerprint density at radius 3 is 2.40 bits per heavy atom. The zero-order chi connectivity index (χ0) is 29.8. The van der Waals surface area contributed by atoms with E-state index in [1.807, 2.05) is 31.5 Å². The highest BCUT2D eigenvalue weighted by molar-refractivity contribution is 6.07. The van der Waals surface area contributed by atoms with Crippen molar-refractivity contribution < 1.29 is 14.4 Å². The largest absolute Gasteiger partial charge is 0.354 e. The molecule has 0 radical (unpaired) electrons. The van der Waals surface area contributed by atoms with Gasteiger partial charge in [-0.2, -0.15) is 10.2 Å². The van der Waals surface area contributed by atoms with Crippen molar-refractivity contribution in [2.45, 2.75) is 91.1 Å². The Morgan fingerprint density at radius 1 is 0.952 bits per heavy atom. The molecule has 4 aromatic rings. The molecule has 0 saturated carbocycles. The smallest absolute Gasteiger partial charge is 0.244 e. The van der Waals surface area contributed by atoms with Crippen molar-refractivity contribution in [3.63, 3.8) is 0 Å². The van der Waals surface area contributed by atoms with Crippen LogP contribution in [0.15, 0.2) is 30.6 Å². The molecule has 1 N–H and O–H groups in total. The third-order valence-corrected chi connectivity index (χ3v) is 8.34. The number of aryl methyl sites for hydroxylation is 2. The molecule has 1 aliphatic heterocycles. The van der Waals surface area contributed by atoms with Crippen molar-refractivity contribution >= 4 is 34.1 Å². The van der Waals surface area contributed by atoms with Crippen LogP contribution >= 0.6 is 0 Å². The van der Waals surface area contributed by atoms with Gasteiger partial charge in [-0.3, -0.25) is 19.1 Å². The zero-order valence-corrected chi connectivity index (χ0v) is 25.2. The van der Waals surface area contributed by atoms with Crippen LogP contribution in [0.1, 0.15) is 87.0 Å². The monoisotopic (exact) mass is 571 g/mol. The topological polar surface area (TPSA) is 114 Å². The molecule has 3 aromatic heterocycles. The third kappa shape index (κ3) is 6.37. The van der Waals surface area contributed by atoms with Gasteiger partial charge in [0.15, 0.2) is 11.4 Å². The maximum Gasteiger partial charge on any atom is 0.244 e. The van der Waals surface area contributed by atoms with Gasteiger partial charge in [-0.05, 0) is 56.4 Å². The van der Waals surface area contributed by atoms with Crippen LogP contribution in [0.3, 0.4) is 0 Å². The van der Waals surface area contributed by atoms with Gasteiger partial charge in [0, 0.05) is 49.9 Å².